The average molecular weight is 424 g/mol. The molecule has 1 aromatic heterocycles. The minimum Gasteiger partial charge on any atom is -0.496 e. The number of nitrogens with one attached hydrogen (secondary N) is 1. The molecule has 7 heteroatoms. The Labute approximate surface area is 182 Å². The third kappa shape index (κ3) is 5.05. The summed E-state index contributed by atoms with van der Waals surface area (Å²) in [6.45, 7) is 1.77. The van der Waals surface area contributed by atoms with E-state index in [0.29, 0.717) is 45.4 Å². The van der Waals surface area contributed by atoms with Gasteiger partial charge in [0.05, 0.1) is 18.2 Å². The maximum absolute atomic E-state index is 13.3. The minimum absolute atomic E-state index is 0.0826. The van der Waals surface area contributed by atoms with Gasteiger partial charge in [0.15, 0.2) is 0 Å². The summed E-state index contributed by atoms with van der Waals surface area (Å²) in [5, 5.41) is 7.47. The first-order chi connectivity index (χ1) is 15.2. The van der Waals surface area contributed by atoms with E-state index in [4.69, 9.17) is 14.3 Å². The van der Waals surface area contributed by atoms with E-state index in [1.165, 1.54) is 0 Å². The summed E-state index contributed by atoms with van der Waals surface area (Å²) in [5.41, 5.74) is 2.47. The van der Waals surface area contributed by atoms with Gasteiger partial charge in [-0.2, -0.15) is 0 Å². The van der Waals surface area contributed by atoms with Crippen LogP contribution in [0, 0.1) is 5.41 Å². The molecule has 164 valence electrons. The van der Waals surface area contributed by atoms with Crippen LogP contribution in [0.25, 0.3) is 0 Å². The van der Waals surface area contributed by atoms with E-state index in [1.807, 2.05) is 36.4 Å². The van der Waals surface area contributed by atoms with Crippen molar-refractivity contribution in [2.45, 2.75) is 38.2 Å². The van der Waals surface area contributed by atoms with E-state index >= 15 is 0 Å². The molecule has 2 aliphatic rings. The third-order valence-electron chi connectivity index (χ3n) is 6.15. The van der Waals surface area contributed by atoms with Crippen molar-refractivity contribution in [2.75, 3.05) is 26.9 Å². The van der Waals surface area contributed by atoms with Gasteiger partial charge in [0.25, 0.3) is 0 Å². The Morgan fingerprint density at radius 3 is 2.74 bits per heavy atom. The SMILES string of the molecule is COc1ccccc1C1=NOC(CC2(C(=O)NCCc3ccncc3)CCOCC2)C1. The molecule has 0 spiro atoms. The zero-order valence-corrected chi connectivity index (χ0v) is 17.9. The fourth-order valence-corrected chi connectivity index (χ4v) is 4.36. The largest absolute Gasteiger partial charge is 0.496 e. The molecule has 0 radical (unpaired) electrons. The van der Waals surface area contributed by atoms with E-state index < -0.39 is 5.41 Å². The molecular formula is C24H29N3O4. The third-order valence-corrected chi connectivity index (χ3v) is 6.15. The van der Waals surface area contributed by atoms with Crippen molar-refractivity contribution in [1.29, 1.82) is 0 Å². The highest BCUT2D eigenvalue weighted by molar-refractivity contribution is 6.03. The van der Waals surface area contributed by atoms with Crippen LogP contribution in [0.5, 0.6) is 5.75 Å². The van der Waals surface area contributed by atoms with Crippen molar-refractivity contribution in [3.8, 4) is 5.75 Å². The lowest BCUT2D eigenvalue weighted by atomic mass is 9.74. The molecular weight excluding hydrogens is 394 g/mol. The maximum atomic E-state index is 13.3. The molecule has 0 aliphatic carbocycles. The number of hydrogen-bond donors (Lipinski definition) is 1. The number of rotatable bonds is 8. The van der Waals surface area contributed by atoms with Gasteiger partial charge in [-0.25, -0.2) is 0 Å². The van der Waals surface area contributed by atoms with Crippen molar-refractivity contribution < 1.29 is 19.1 Å². The maximum Gasteiger partial charge on any atom is 0.226 e. The monoisotopic (exact) mass is 423 g/mol. The minimum atomic E-state index is -0.493. The smallest absolute Gasteiger partial charge is 0.226 e. The lowest BCUT2D eigenvalue weighted by Gasteiger charge is -2.37. The van der Waals surface area contributed by atoms with Crippen molar-refractivity contribution >= 4 is 11.6 Å². The number of methoxy groups -OCH3 is 1. The summed E-state index contributed by atoms with van der Waals surface area (Å²) >= 11 is 0. The lowest BCUT2D eigenvalue weighted by Crippen LogP contribution is -2.47. The first-order valence-electron chi connectivity index (χ1n) is 10.8. The zero-order chi connectivity index (χ0) is 21.5. The number of aromatic nitrogens is 1. The van der Waals surface area contributed by atoms with Crippen molar-refractivity contribution in [3.05, 3.63) is 59.9 Å². The molecule has 1 fully saturated rings. The first-order valence-corrected chi connectivity index (χ1v) is 10.8. The van der Waals surface area contributed by atoms with Gasteiger partial charge >= 0.3 is 0 Å². The quantitative estimate of drug-likeness (QED) is 0.705. The number of carbonyl (C=O) groups excluding carboxylic acids is 1. The van der Waals surface area contributed by atoms with Crippen LogP contribution in [0.3, 0.4) is 0 Å². The molecule has 3 heterocycles. The van der Waals surface area contributed by atoms with Gasteiger partial charge in [0.2, 0.25) is 5.91 Å². The first kappa shape index (κ1) is 21.3. The topological polar surface area (TPSA) is 82.0 Å². The summed E-state index contributed by atoms with van der Waals surface area (Å²) in [6, 6.07) is 11.7. The summed E-state index contributed by atoms with van der Waals surface area (Å²) in [6.07, 6.45) is 6.86. The van der Waals surface area contributed by atoms with Crippen LogP contribution in [0.15, 0.2) is 53.9 Å². The molecule has 1 unspecified atom stereocenters. The molecule has 2 aliphatic heterocycles. The normalized spacial score (nSPS) is 19.9. The summed E-state index contributed by atoms with van der Waals surface area (Å²) in [4.78, 5) is 23.1. The second kappa shape index (κ2) is 9.92. The van der Waals surface area contributed by atoms with Gasteiger partial charge in [-0.3, -0.25) is 9.78 Å². The molecule has 0 bridgehead atoms. The highest BCUT2D eigenvalue weighted by Gasteiger charge is 2.43. The highest BCUT2D eigenvalue weighted by Crippen LogP contribution is 2.39. The van der Waals surface area contributed by atoms with Crippen LogP contribution < -0.4 is 10.1 Å². The summed E-state index contributed by atoms with van der Waals surface area (Å²) in [5.74, 6) is 0.860. The van der Waals surface area contributed by atoms with Gasteiger partial charge in [-0.05, 0) is 49.1 Å². The number of para-hydroxylation sites is 1. The van der Waals surface area contributed by atoms with Gasteiger partial charge < -0.3 is 19.6 Å². The van der Waals surface area contributed by atoms with Crippen LogP contribution in [-0.4, -0.2) is 49.6 Å². The number of ether oxygens (including phenoxy) is 2. The van der Waals surface area contributed by atoms with Crippen molar-refractivity contribution in [1.82, 2.24) is 10.3 Å². The Kier molecular flexibility index (Phi) is 6.82. The Bertz CT molecular complexity index is 910. The van der Waals surface area contributed by atoms with Crippen LogP contribution in [0.1, 0.15) is 36.8 Å². The van der Waals surface area contributed by atoms with E-state index in [0.717, 1.165) is 29.0 Å². The molecule has 7 nitrogen and oxygen atoms in total. The number of oxime groups is 1. The Morgan fingerprint density at radius 1 is 1.19 bits per heavy atom. The van der Waals surface area contributed by atoms with Gasteiger partial charge in [-0.1, -0.05) is 17.3 Å². The molecule has 0 saturated carbocycles. The molecule has 1 N–H and O–H groups in total. The molecule has 1 saturated heterocycles. The Balaban J connectivity index is 1.38. The number of hydrogen-bond acceptors (Lipinski definition) is 6. The predicted molar refractivity (Wildman–Crippen MR) is 117 cm³/mol. The molecule has 31 heavy (non-hydrogen) atoms. The fraction of sp³-hybridized carbons (Fsp3) is 0.458. The average Bonchev–Trinajstić information content (AvgIpc) is 3.28. The van der Waals surface area contributed by atoms with Gasteiger partial charge in [0, 0.05) is 50.6 Å². The number of nitrogens with zero attached hydrogens (tertiary/aromatic N) is 2. The zero-order valence-electron chi connectivity index (χ0n) is 17.9. The van der Waals surface area contributed by atoms with Crippen molar-refractivity contribution in [3.63, 3.8) is 0 Å². The van der Waals surface area contributed by atoms with Gasteiger partial charge in [0.1, 0.15) is 11.9 Å². The van der Waals surface area contributed by atoms with E-state index in [2.05, 4.69) is 15.5 Å². The Hall–Kier alpha value is -2.93. The standard InChI is InChI=1S/C24H29N3O4/c1-29-22-5-3-2-4-20(22)21-16-19(31-27-21)17-24(9-14-30-15-10-24)23(28)26-13-8-18-6-11-25-12-7-18/h2-7,11-12,19H,8-10,13-17H2,1H3,(H,26,28). The van der Waals surface area contributed by atoms with E-state index in [9.17, 15) is 4.79 Å². The van der Waals surface area contributed by atoms with Crippen LogP contribution in [-0.2, 0) is 20.8 Å². The van der Waals surface area contributed by atoms with Crippen molar-refractivity contribution in [2.24, 2.45) is 10.6 Å². The predicted octanol–water partition coefficient (Wildman–Crippen LogP) is 3.13. The summed E-state index contributed by atoms with van der Waals surface area (Å²) in [7, 11) is 1.65. The fourth-order valence-electron chi connectivity index (χ4n) is 4.36. The second-order valence-electron chi connectivity index (χ2n) is 8.13. The van der Waals surface area contributed by atoms with Crippen LogP contribution >= 0.6 is 0 Å². The van der Waals surface area contributed by atoms with Crippen LogP contribution in [0.4, 0.5) is 0 Å². The lowest BCUT2D eigenvalue weighted by molar-refractivity contribution is -0.140. The molecule has 1 amide bonds. The Morgan fingerprint density at radius 2 is 1.97 bits per heavy atom. The molecule has 4 rings (SSSR count). The van der Waals surface area contributed by atoms with Gasteiger partial charge in [-0.15, -0.1) is 0 Å². The molecule has 1 atom stereocenters. The number of amides is 1. The number of carbonyl (C=O) groups is 1. The summed E-state index contributed by atoms with van der Waals surface area (Å²) < 4.78 is 11.0. The van der Waals surface area contributed by atoms with E-state index in [1.54, 1.807) is 19.5 Å². The second-order valence-corrected chi connectivity index (χ2v) is 8.13. The molecule has 2 aromatic rings. The molecule has 1 aromatic carbocycles. The number of benzene rings is 1. The highest BCUT2D eigenvalue weighted by atomic mass is 16.6. The van der Waals surface area contributed by atoms with E-state index in [-0.39, 0.29) is 12.0 Å². The van der Waals surface area contributed by atoms with Crippen LogP contribution in [0.2, 0.25) is 0 Å². The number of pyridine rings is 1.